The SMILES string of the molecule is O=C1CC(c2ccc(O)cc2)N1c1ccc(F)cc1.OCCCOc1ccc(F)cc1. The van der Waals surface area contributed by atoms with Crippen LogP contribution >= 0.6 is 0 Å². The number of phenolic OH excluding ortho intramolecular Hbond substituents is 1. The monoisotopic (exact) mass is 427 g/mol. The van der Waals surface area contributed by atoms with Gasteiger partial charge in [0.1, 0.15) is 23.1 Å². The number of aliphatic hydroxyl groups is 1. The number of carbonyl (C=O) groups excluding carboxylic acids is 1. The molecule has 3 aromatic rings. The van der Waals surface area contributed by atoms with Gasteiger partial charge in [-0.1, -0.05) is 12.1 Å². The molecule has 1 aliphatic heterocycles. The number of nitrogens with zero attached hydrogens (tertiary/aromatic N) is 1. The predicted molar refractivity (Wildman–Crippen MR) is 113 cm³/mol. The lowest BCUT2D eigenvalue weighted by atomic mass is 9.93. The number of aliphatic hydroxyl groups excluding tert-OH is 1. The predicted octanol–water partition coefficient (Wildman–Crippen LogP) is 4.60. The molecule has 0 aromatic heterocycles. The summed E-state index contributed by atoms with van der Waals surface area (Å²) >= 11 is 0. The molecule has 2 N–H and O–H groups in total. The fraction of sp³-hybridized carbons (Fsp3) is 0.208. The molecular weight excluding hydrogens is 404 g/mol. The molecule has 1 unspecified atom stereocenters. The molecular formula is C24H23F2NO4. The van der Waals surface area contributed by atoms with Gasteiger partial charge in [-0.05, 0) is 66.2 Å². The maximum Gasteiger partial charge on any atom is 0.230 e. The molecule has 1 heterocycles. The van der Waals surface area contributed by atoms with Crippen molar-refractivity contribution >= 4 is 11.6 Å². The van der Waals surface area contributed by atoms with Crippen molar-refractivity contribution < 1.29 is 28.5 Å². The van der Waals surface area contributed by atoms with E-state index < -0.39 is 0 Å². The van der Waals surface area contributed by atoms with E-state index in [1.165, 1.54) is 24.3 Å². The van der Waals surface area contributed by atoms with E-state index in [4.69, 9.17) is 9.84 Å². The van der Waals surface area contributed by atoms with Crippen LogP contribution in [0.3, 0.4) is 0 Å². The Morgan fingerprint density at radius 1 is 0.903 bits per heavy atom. The molecule has 7 heteroatoms. The summed E-state index contributed by atoms with van der Waals surface area (Å²) in [5, 5.41) is 17.7. The molecule has 1 saturated heterocycles. The summed E-state index contributed by atoms with van der Waals surface area (Å²) in [5.41, 5.74) is 1.65. The first kappa shape index (κ1) is 22.2. The van der Waals surface area contributed by atoms with Crippen molar-refractivity contribution in [1.82, 2.24) is 0 Å². The highest BCUT2D eigenvalue weighted by molar-refractivity contribution is 6.01. The molecule has 3 aromatic carbocycles. The van der Waals surface area contributed by atoms with E-state index in [0.29, 0.717) is 30.9 Å². The number of carbonyl (C=O) groups is 1. The molecule has 1 atom stereocenters. The second kappa shape index (κ2) is 10.5. The Hall–Kier alpha value is -3.45. The van der Waals surface area contributed by atoms with E-state index in [9.17, 15) is 18.7 Å². The number of aromatic hydroxyl groups is 1. The highest BCUT2D eigenvalue weighted by Crippen LogP contribution is 2.39. The molecule has 0 radical (unpaired) electrons. The maximum atomic E-state index is 12.9. The maximum absolute atomic E-state index is 12.9. The van der Waals surface area contributed by atoms with Crippen LogP contribution in [-0.4, -0.2) is 29.3 Å². The summed E-state index contributed by atoms with van der Waals surface area (Å²) in [6, 6.07) is 18.4. The van der Waals surface area contributed by atoms with Crippen molar-refractivity contribution in [2.24, 2.45) is 0 Å². The second-order valence-electron chi connectivity index (χ2n) is 6.93. The molecule has 5 nitrogen and oxygen atoms in total. The van der Waals surface area contributed by atoms with E-state index in [1.807, 2.05) is 0 Å². The number of ether oxygens (including phenoxy) is 1. The molecule has 1 aliphatic rings. The van der Waals surface area contributed by atoms with Crippen LogP contribution in [0.25, 0.3) is 0 Å². The van der Waals surface area contributed by atoms with Gasteiger partial charge >= 0.3 is 0 Å². The normalized spacial score (nSPS) is 15.0. The van der Waals surface area contributed by atoms with Gasteiger partial charge < -0.3 is 19.8 Å². The quantitative estimate of drug-likeness (QED) is 0.446. The van der Waals surface area contributed by atoms with Gasteiger partial charge in [-0.15, -0.1) is 0 Å². The van der Waals surface area contributed by atoms with Gasteiger partial charge in [-0.2, -0.15) is 0 Å². The third kappa shape index (κ3) is 6.02. The fourth-order valence-electron chi connectivity index (χ4n) is 3.09. The molecule has 162 valence electrons. The van der Waals surface area contributed by atoms with Crippen LogP contribution in [-0.2, 0) is 4.79 Å². The molecule has 0 aliphatic carbocycles. The lowest BCUT2D eigenvalue weighted by Crippen LogP contribution is -2.46. The highest BCUT2D eigenvalue weighted by atomic mass is 19.1. The van der Waals surface area contributed by atoms with E-state index in [0.717, 1.165) is 5.56 Å². The Balaban J connectivity index is 0.000000196. The van der Waals surface area contributed by atoms with Gasteiger partial charge in [-0.3, -0.25) is 4.79 Å². The largest absolute Gasteiger partial charge is 0.508 e. The summed E-state index contributed by atoms with van der Waals surface area (Å²) < 4.78 is 30.5. The van der Waals surface area contributed by atoms with E-state index in [1.54, 1.807) is 53.4 Å². The summed E-state index contributed by atoms with van der Waals surface area (Å²) in [4.78, 5) is 13.4. The number of hydrogen-bond donors (Lipinski definition) is 2. The van der Waals surface area contributed by atoms with Crippen LogP contribution in [0.15, 0.2) is 72.8 Å². The second-order valence-corrected chi connectivity index (χ2v) is 6.93. The van der Waals surface area contributed by atoms with Crippen LogP contribution in [0.5, 0.6) is 11.5 Å². The van der Waals surface area contributed by atoms with Crippen molar-refractivity contribution in [2.75, 3.05) is 18.1 Å². The standard InChI is InChI=1S/C15H12FNO2.C9H11FO2/c16-11-3-5-12(6-4-11)17-14(9-15(17)19)10-1-7-13(18)8-2-10;10-8-2-4-9(5-3-8)12-7-1-6-11/h1-8,14,18H,9H2;2-5,11H,1,6-7H2. The summed E-state index contributed by atoms with van der Waals surface area (Å²) in [6.45, 7) is 0.573. The van der Waals surface area contributed by atoms with Gasteiger partial charge in [0.15, 0.2) is 0 Å². The van der Waals surface area contributed by atoms with Crippen LogP contribution in [0.2, 0.25) is 0 Å². The van der Waals surface area contributed by atoms with Crippen LogP contribution in [0.1, 0.15) is 24.4 Å². The first-order chi connectivity index (χ1) is 15.0. The molecule has 0 bridgehead atoms. The number of hydrogen-bond acceptors (Lipinski definition) is 4. The van der Waals surface area contributed by atoms with Crippen LogP contribution < -0.4 is 9.64 Å². The Bertz CT molecular complexity index is 976. The first-order valence-electron chi connectivity index (χ1n) is 9.83. The van der Waals surface area contributed by atoms with Crippen LogP contribution in [0, 0.1) is 11.6 Å². The highest BCUT2D eigenvalue weighted by Gasteiger charge is 2.38. The first-order valence-corrected chi connectivity index (χ1v) is 9.83. The van der Waals surface area contributed by atoms with Crippen molar-refractivity contribution in [3.8, 4) is 11.5 Å². The number of anilines is 1. The van der Waals surface area contributed by atoms with Gasteiger partial charge in [-0.25, -0.2) is 8.78 Å². The van der Waals surface area contributed by atoms with Gasteiger partial charge in [0.05, 0.1) is 19.1 Å². The van der Waals surface area contributed by atoms with E-state index >= 15 is 0 Å². The van der Waals surface area contributed by atoms with Crippen molar-refractivity contribution in [2.45, 2.75) is 18.9 Å². The van der Waals surface area contributed by atoms with Gasteiger partial charge in [0.25, 0.3) is 0 Å². The number of halogens is 2. The third-order valence-corrected chi connectivity index (χ3v) is 4.72. The van der Waals surface area contributed by atoms with Crippen molar-refractivity contribution in [1.29, 1.82) is 0 Å². The number of benzene rings is 3. The summed E-state index contributed by atoms with van der Waals surface area (Å²) in [5.74, 6) is 0.250. The smallest absolute Gasteiger partial charge is 0.230 e. The number of rotatable bonds is 6. The number of amides is 1. The zero-order valence-electron chi connectivity index (χ0n) is 16.7. The lowest BCUT2D eigenvalue weighted by Gasteiger charge is -2.40. The minimum Gasteiger partial charge on any atom is -0.508 e. The molecule has 1 amide bonds. The van der Waals surface area contributed by atoms with Crippen molar-refractivity contribution in [3.05, 3.63) is 90.0 Å². The van der Waals surface area contributed by atoms with Gasteiger partial charge in [0.2, 0.25) is 5.91 Å². The molecule has 0 saturated carbocycles. The van der Waals surface area contributed by atoms with Crippen LogP contribution in [0.4, 0.5) is 14.5 Å². The third-order valence-electron chi connectivity index (χ3n) is 4.72. The average molecular weight is 427 g/mol. The number of β-lactam (4-membered cyclic amide) rings is 1. The van der Waals surface area contributed by atoms with Gasteiger partial charge in [0, 0.05) is 18.7 Å². The Morgan fingerprint density at radius 2 is 1.48 bits per heavy atom. The van der Waals surface area contributed by atoms with E-state index in [2.05, 4.69) is 0 Å². The zero-order chi connectivity index (χ0) is 22.2. The topological polar surface area (TPSA) is 70.0 Å². The summed E-state index contributed by atoms with van der Waals surface area (Å²) in [6.07, 6.45) is 1.03. The minimum atomic E-state index is -0.321. The van der Waals surface area contributed by atoms with Crippen molar-refractivity contribution in [3.63, 3.8) is 0 Å². The summed E-state index contributed by atoms with van der Waals surface area (Å²) in [7, 11) is 0. The fourth-order valence-corrected chi connectivity index (χ4v) is 3.09. The lowest BCUT2D eigenvalue weighted by molar-refractivity contribution is -0.124. The number of phenols is 1. The molecule has 4 rings (SSSR count). The van der Waals surface area contributed by atoms with E-state index in [-0.39, 0.29) is 35.9 Å². The molecule has 31 heavy (non-hydrogen) atoms. The minimum absolute atomic E-state index is 0.0182. The average Bonchev–Trinajstić information content (AvgIpc) is 2.76. The molecule has 0 spiro atoms. The Morgan fingerprint density at radius 3 is 2.03 bits per heavy atom. The zero-order valence-corrected chi connectivity index (χ0v) is 16.7. The Kier molecular flexibility index (Phi) is 7.56. The molecule has 1 fully saturated rings. The Labute approximate surface area is 179 Å².